The van der Waals surface area contributed by atoms with E-state index in [1.54, 1.807) is 13.8 Å². The van der Waals surface area contributed by atoms with Crippen molar-refractivity contribution in [2.45, 2.75) is 39.4 Å². The van der Waals surface area contributed by atoms with E-state index in [2.05, 4.69) is 29.5 Å². The van der Waals surface area contributed by atoms with Crippen LogP contribution in [0.2, 0.25) is 0 Å². The second-order valence-corrected chi connectivity index (χ2v) is 8.15. The molecule has 108 valence electrons. The molecule has 2 N–H and O–H groups in total. The largest absolute Gasteiger partial charge is 0.357 e. The lowest BCUT2D eigenvalue weighted by molar-refractivity contribution is 0.553. The number of nitrogens with one attached hydrogen (secondary N) is 2. The van der Waals surface area contributed by atoms with E-state index in [1.165, 1.54) is 6.26 Å². The number of hydrogen-bond donors (Lipinski definition) is 2. The van der Waals surface area contributed by atoms with Crippen molar-refractivity contribution >= 4 is 15.8 Å². The normalized spacial score (nSPS) is 13.8. The third kappa shape index (κ3) is 6.23. The van der Waals surface area contributed by atoms with Crippen LogP contribution in [-0.4, -0.2) is 45.0 Å². The van der Waals surface area contributed by atoms with Crippen molar-refractivity contribution in [3.05, 3.63) is 0 Å². The Hall–Kier alpha value is -0.780. The molecule has 0 bridgehead atoms. The summed E-state index contributed by atoms with van der Waals surface area (Å²) in [6.07, 6.45) is 1.25. The second-order valence-electron chi connectivity index (χ2n) is 5.50. The van der Waals surface area contributed by atoms with E-state index >= 15 is 0 Å². The summed E-state index contributed by atoms with van der Waals surface area (Å²) in [5.74, 6) is 1.18. The van der Waals surface area contributed by atoms with Crippen LogP contribution in [0.5, 0.6) is 0 Å². The molecule has 0 aromatic rings. The van der Waals surface area contributed by atoms with Crippen molar-refractivity contribution in [3.8, 4) is 0 Å². The van der Waals surface area contributed by atoms with Crippen molar-refractivity contribution in [1.82, 2.24) is 10.6 Å². The van der Waals surface area contributed by atoms with E-state index in [9.17, 15) is 8.42 Å². The van der Waals surface area contributed by atoms with Crippen molar-refractivity contribution in [2.75, 3.05) is 25.9 Å². The highest BCUT2D eigenvalue weighted by molar-refractivity contribution is 7.92. The van der Waals surface area contributed by atoms with Gasteiger partial charge in [0.05, 0.1) is 11.3 Å². The smallest absolute Gasteiger partial charge is 0.191 e. The zero-order valence-corrected chi connectivity index (χ0v) is 13.2. The van der Waals surface area contributed by atoms with Gasteiger partial charge in [0.1, 0.15) is 0 Å². The quantitative estimate of drug-likeness (QED) is 0.562. The van der Waals surface area contributed by atoms with Crippen LogP contribution in [0.25, 0.3) is 0 Å². The Morgan fingerprint density at radius 1 is 1.28 bits per heavy atom. The Labute approximate surface area is 111 Å². The lowest BCUT2D eigenvalue weighted by Gasteiger charge is -2.21. The third-order valence-electron chi connectivity index (χ3n) is 2.64. The number of guanidine groups is 1. The Kier molecular flexibility index (Phi) is 6.67. The van der Waals surface area contributed by atoms with Gasteiger partial charge in [-0.05, 0) is 26.7 Å². The average Bonchev–Trinajstić information content (AvgIpc) is 2.20. The first kappa shape index (κ1) is 17.2. The second kappa shape index (κ2) is 6.97. The highest BCUT2D eigenvalue weighted by Crippen LogP contribution is 2.14. The summed E-state index contributed by atoms with van der Waals surface area (Å²) in [4.78, 5) is 4.34. The van der Waals surface area contributed by atoms with Gasteiger partial charge in [0, 0.05) is 19.3 Å². The summed E-state index contributed by atoms with van der Waals surface area (Å²) in [7, 11) is -3.11. The molecule has 6 heteroatoms. The lowest BCUT2D eigenvalue weighted by Crippen LogP contribution is -2.41. The summed E-state index contributed by atoms with van der Waals surface area (Å²) in [5, 5.41) is 6.29. The number of sulfone groups is 1. The molecule has 0 aliphatic heterocycles. The average molecular weight is 277 g/mol. The summed E-state index contributed by atoms with van der Waals surface area (Å²) >= 11 is 0. The summed E-state index contributed by atoms with van der Waals surface area (Å²) in [6, 6.07) is 0. The first-order valence-corrected chi connectivity index (χ1v) is 8.21. The molecule has 0 saturated carbocycles. The molecule has 5 nitrogen and oxygen atoms in total. The Bertz CT molecular complexity index is 373. The molecule has 0 heterocycles. The molecule has 0 fully saturated rings. The maximum Gasteiger partial charge on any atom is 0.191 e. The zero-order chi connectivity index (χ0) is 14.4. The molecule has 18 heavy (non-hydrogen) atoms. The molecule has 0 unspecified atom stereocenters. The van der Waals surface area contributed by atoms with Crippen LogP contribution in [0.15, 0.2) is 4.99 Å². The first-order valence-electron chi connectivity index (χ1n) is 6.32. The van der Waals surface area contributed by atoms with Crippen molar-refractivity contribution in [3.63, 3.8) is 0 Å². The fourth-order valence-electron chi connectivity index (χ4n) is 1.03. The minimum atomic E-state index is -3.11. The van der Waals surface area contributed by atoms with Crippen LogP contribution in [-0.2, 0) is 9.84 Å². The minimum Gasteiger partial charge on any atom is -0.357 e. The van der Waals surface area contributed by atoms with Gasteiger partial charge in [-0.2, -0.15) is 0 Å². The maximum absolute atomic E-state index is 11.6. The van der Waals surface area contributed by atoms with Gasteiger partial charge in [0.25, 0.3) is 0 Å². The molecular weight excluding hydrogens is 250 g/mol. The van der Waals surface area contributed by atoms with Gasteiger partial charge in [-0.3, -0.25) is 4.99 Å². The predicted octanol–water partition coefficient (Wildman–Crippen LogP) is 1.02. The van der Waals surface area contributed by atoms with Crippen LogP contribution in [0.1, 0.15) is 34.6 Å². The van der Waals surface area contributed by atoms with Gasteiger partial charge in [0.2, 0.25) is 0 Å². The number of rotatable bonds is 6. The fraction of sp³-hybridized carbons (Fsp3) is 0.917. The standard InChI is InChI=1S/C12H27N3O2S/c1-7-13-11(14-8-10(2)3)15-9-12(4,5)18(6,16)17/h10H,7-9H2,1-6H3,(H2,13,14,15). The van der Waals surface area contributed by atoms with Crippen LogP contribution in [0.3, 0.4) is 0 Å². The SMILES string of the molecule is CCNC(=NCC(C)(C)S(C)(=O)=O)NCC(C)C. The van der Waals surface area contributed by atoms with Gasteiger partial charge in [-0.25, -0.2) is 8.42 Å². The minimum absolute atomic E-state index is 0.249. The lowest BCUT2D eigenvalue weighted by atomic mass is 10.2. The van der Waals surface area contributed by atoms with Gasteiger partial charge in [-0.15, -0.1) is 0 Å². The monoisotopic (exact) mass is 277 g/mol. The first-order chi connectivity index (χ1) is 8.10. The molecule has 0 aromatic heterocycles. The van der Waals surface area contributed by atoms with Gasteiger partial charge in [-0.1, -0.05) is 13.8 Å². The topological polar surface area (TPSA) is 70.6 Å². The van der Waals surface area contributed by atoms with E-state index in [0.717, 1.165) is 13.1 Å². The molecule has 0 saturated heterocycles. The molecule has 0 radical (unpaired) electrons. The van der Waals surface area contributed by atoms with Crippen molar-refractivity contribution in [1.29, 1.82) is 0 Å². The summed E-state index contributed by atoms with van der Waals surface area (Å²) in [5.41, 5.74) is 0. The van der Waals surface area contributed by atoms with Crippen molar-refractivity contribution in [2.24, 2.45) is 10.9 Å². The molecule has 0 atom stereocenters. The van der Waals surface area contributed by atoms with Gasteiger partial charge >= 0.3 is 0 Å². The van der Waals surface area contributed by atoms with Crippen LogP contribution in [0, 0.1) is 5.92 Å². The van der Waals surface area contributed by atoms with Crippen LogP contribution in [0.4, 0.5) is 0 Å². The Balaban J connectivity index is 4.67. The molecule has 0 aliphatic carbocycles. The van der Waals surface area contributed by atoms with Crippen molar-refractivity contribution < 1.29 is 8.42 Å². The Morgan fingerprint density at radius 2 is 1.83 bits per heavy atom. The number of aliphatic imine (C=N–C) groups is 1. The van der Waals surface area contributed by atoms with Gasteiger partial charge < -0.3 is 10.6 Å². The third-order valence-corrected chi connectivity index (χ3v) is 4.78. The Morgan fingerprint density at radius 3 is 2.22 bits per heavy atom. The number of hydrogen-bond acceptors (Lipinski definition) is 3. The fourth-order valence-corrected chi connectivity index (χ4v) is 1.33. The van der Waals surface area contributed by atoms with Crippen LogP contribution < -0.4 is 10.6 Å². The molecule has 0 aliphatic rings. The van der Waals surface area contributed by atoms with Crippen LogP contribution >= 0.6 is 0 Å². The molecular formula is C12H27N3O2S. The zero-order valence-electron chi connectivity index (χ0n) is 12.4. The van der Waals surface area contributed by atoms with E-state index in [4.69, 9.17) is 0 Å². The highest BCUT2D eigenvalue weighted by Gasteiger charge is 2.29. The maximum atomic E-state index is 11.6. The molecule has 0 rings (SSSR count). The highest BCUT2D eigenvalue weighted by atomic mass is 32.2. The predicted molar refractivity (Wildman–Crippen MR) is 77.7 cm³/mol. The van der Waals surface area contributed by atoms with Gasteiger partial charge in [0.15, 0.2) is 15.8 Å². The van der Waals surface area contributed by atoms with E-state index in [0.29, 0.717) is 11.9 Å². The number of nitrogens with zero attached hydrogens (tertiary/aromatic N) is 1. The van der Waals surface area contributed by atoms with E-state index in [-0.39, 0.29) is 6.54 Å². The summed E-state index contributed by atoms with van der Waals surface area (Å²) in [6.45, 7) is 11.4. The molecule has 0 spiro atoms. The molecule has 0 aromatic carbocycles. The van der Waals surface area contributed by atoms with E-state index < -0.39 is 14.6 Å². The molecule has 0 amide bonds. The summed E-state index contributed by atoms with van der Waals surface area (Å²) < 4.78 is 22.3. The van der Waals surface area contributed by atoms with E-state index in [1.807, 2.05) is 6.92 Å².